The number of ether oxygens (including phenoxy) is 1. The van der Waals surface area contributed by atoms with Crippen LogP contribution >= 0.6 is 0 Å². The van der Waals surface area contributed by atoms with Gasteiger partial charge in [0.1, 0.15) is 6.54 Å². The highest BCUT2D eigenvalue weighted by molar-refractivity contribution is 5.83. The predicted molar refractivity (Wildman–Crippen MR) is 66.8 cm³/mol. The zero-order valence-corrected chi connectivity index (χ0v) is 10.8. The van der Waals surface area contributed by atoms with E-state index in [1.807, 2.05) is 6.92 Å². The zero-order valence-electron chi connectivity index (χ0n) is 10.8. The lowest BCUT2D eigenvalue weighted by atomic mass is 10.2. The van der Waals surface area contributed by atoms with E-state index in [1.54, 1.807) is 31.5 Å². The molecular formula is C13H18N2O3. The van der Waals surface area contributed by atoms with Crippen molar-refractivity contribution in [2.75, 3.05) is 19.7 Å². The molecular weight excluding hydrogens is 232 g/mol. The maximum atomic E-state index is 12.0. The van der Waals surface area contributed by atoms with Gasteiger partial charge in [-0.3, -0.25) is 14.6 Å². The van der Waals surface area contributed by atoms with Crippen molar-refractivity contribution in [3.05, 3.63) is 30.1 Å². The molecule has 1 amide bonds. The van der Waals surface area contributed by atoms with Crippen LogP contribution in [0.1, 0.15) is 19.4 Å². The van der Waals surface area contributed by atoms with Gasteiger partial charge < -0.3 is 9.64 Å². The lowest BCUT2D eigenvalue weighted by Gasteiger charge is -2.19. The van der Waals surface area contributed by atoms with Crippen LogP contribution in [0.4, 0.5) is 0 Å². The van der Waals surface area contributed by atoms with Crippen molar-refractivity contribution in [3.8, 4) is 0 Å². The Morgan fingerprint density at radius 3 is 2.50 bits per heavy atom. The Morgan fingerprint density at radius 2 is 1.94 bits per heavy atom. The number of pyridine rings is 1. The summed E-state index contributed by atoms with van der Waals surface area (Å²) in [4.78, 5) is 28.7. The normalized spacial score (nSPS) is 9.89. The molecule has 0 saturated carbocycles. The van der Waals surface area contributed by atoms with Gasteiger partial charge in [0, 0.05) is 18.9 Å². The Morgan fingerprint density at radius 1 is 1.28 bits per heavy atom. The predicted octanol–water partition coefficient (Wildman–Crippen LogP) is 1.04. The monoisotopic (exact) mass is 250 g/mol. The molecule has 1 rings (SSSR count). The molecule has 0 aliphatic carbocycles. The number of hydrogen-bond acceptors (Lipinski definition) is 4. The summed E-state index contributed by atoms with van der Waals surface area (Å²) >= 11 is 0. The van der Waals surface area contributed by atoms with Crippen molar-refractivity contribution in [3.63, 3.8) is 0 Å². The Bertz CT molecular complexity index is 392. The van der Waals surface area contributed by atoms with E-state index in [-0.39, 0.29) is 24.8 Å². The van der Waals surface area contributed by atoms with Crippen molar-refractivity contribution in [1.82, 2.24) is 9.88 Å². The minimum atomic E-state index is -0.373. The van der Waals surface area contributed by atoms with Crippen LogP contribution in [0, 0.1) is 0 Å². The molecule has 0 aromatic carbocycles. The molecule has 0 aliphatic heterocycles. The molecule has 5 nitrogen and oxygen atoms in total. The van der Waals surface area contributed by atoms with E-state index in [4.69, 9.17) is 4.74 Å². The Labute approximate surface area is 107 Å². The average molecular weight is 250 g/mol. The van der Waals surface area contributed by atoms with Crippen molar-refractivity contribution in [2.45, 2.75) is 20.3 Å². The number of likely N-dealkylation sites (N-methyl/N-ethyl adjacent to an activating group) is 1. The fourth-order valence-electron chi connectivity index (χ4n) is 1.53. The molecule has 0 radical (unpaired) electrons. The van der Waals surface area contributed by atoms with Gasteiger partial charge in [0.2, 0.25) is 5.91 Å². The second-order valence-corrected chi connectivity index (χ2v) is 3.75. The zero-order chi connectivity index (χ0) is 13.4. The summed E-state index contributed by atoms with van der Waals surface area (Å²) < 4.78 is 4.83. The van der Waals surface area contributed by atoms with Crippen LogP contribution in [0.15, 0.2) is 24.5 Å². The Kier molecular flexibility index (Phi) is 5.84. The lowest BCUT2D eigenvalue weighted by Crippen LogP contribution is -2.37. The van der Waals surface area contributed by atoms with Gasteiger partial charge >= 0.3 is 5.97 Å². The summed E-state index contributed by atoms with van der Waals surface area (Å²) in [5.74, 6) is -0.459. The second-order valence-electron chi connectivity index (χ2n) is 3.75. The average Bonchev–Trinajstić information content (AvgIpc) is 2.37. The number of hydrogen-bond donors (Lipinski definition) is 0. The maximum absolute atomic E-state index is 12.0. The molecule has 0 unspecified atom stereocenters. The fourth-order valence-corrected chi connectivity index (χ4v) is 1.53. The van der Waals surface area contributed by atoms with Gasteiger partial charge in [-0.1, -0.05) is 0 Å². The van der Waals surface area contributed by atoms with Crippen LogP contribution in [-0.2, 0) is 20.7 Å². The number of rotatable bonds is 6. The molecule has 1 aromatic heterocycles. The van der Waals surface area contributed by atoms with E-state index in [1.165, 1.54) is 4.90 Å². The molecule has 5 heteroatoms. The highest BCUT2D eigenvalue weighted by atomic mass is 16.5. The molecule has 98 valence electrons. The number of esters is 1. The second kappa shape index (κ2) is 7.42. The molecule has 0 aliphatic rings. The molecule has 1 aromatic rings. The topological polar surface area (TPSA) is 59.5 Å². The van der Waals surface area contributed by atoms with E-state index in [9.17, 15) is 9.59 Å². The SMILES string of the molecule is CCOC(=O)CN(CC)C(=O)Cc1ccncc1. The number of amides is 1. The minimum absolute atomic E-state index is 0.00819. The first kappa shape index (κ1) is 14.2. The van der Waals surface area contributed by atoms with E-state index in [0.29, 0.717) is 13.2 Å². The molecule has 18 heavy (non-hydrogen) atoms. The van der Waals surface area contributed by atoms with Crippen molar-refractivity contribution in [1.29, 1.82) is 0 Å². The van der Waals surface area contributed by atoms with Crippen LogP contribution in [0.25, 0.3) is 0 Å². The van der Waals surface area contributed by atoms with Crippen molar-refractivity contribution in [2.24, 2.45) is 0 Å². The molecule has 1 heterocycles. The maximum Gasteiger partial charge on any atom is 0.325 e. The third kappa shape index (κ3) is 4.53. The van der Waals surface area contributed by atoms with E-state index in [0.717, 1.165) is 5.56 Å². The summed E-state index contributed by atoms with van der Waals surface area (Å²) in [6, 6.07) is 3.58. The number of carbonyl (C=O) groups excluding carboxylic acids is 2. The number of nitrogens with zero attached hydrogens (tertiary/aromatic N) is 2. The summed E-state index contributed by atoms with van der Waals surface area (Å²) in [5, 5.41) is 0. The highest BCUT2D eigenvalue weighted by Gasteiger charge is 2.16. The van der Waals surface area contributed by atoms with Crippen LogP contribution in [0.5, 0.6) is 0 Å². The van der Waals surface area contributed by atoms with Crippen LogP contribution < -0.4 is 0 Å². The number of carbonyl (C=O) groups is 2. The minimum Gasteiger partial charge on any atom is -0.465 e. The molecule has 0 N–H and O–H groups in total. The molecule has 0 saturated heterocycles. The van der Waals surface area contributed by atoms with Crippen LogP contribution in [0.2, 0.25) is 0 Å². The smallest absolute Gasteiger partial charge is 0.325 e. The number of aromatic nitrogens is 1. The summed E-state index contributed by atoms with van der Waals surface area (Å²) in [6.45, 7) is 4.41. The fraction of sp³-hybridized carbons (Fsp3) is 0.462. The van der Waals surface area contributed by atoms with Gasteiger partial charge in [0.15, 0.2) is 0 Å². The van der Waals surface area contributed by atoms with Crippen LogP contribution in [0.3, 0.4) is 0 Å². The van der Waals surface area contributed by atoms with Crippen molar-refractivity contribution >= 4 is 11.9 Å². The summed E-state index contributed by atoms with van der Waals surface area (Å²) in [7, 11) is 0. The third-order valence-corrected chi connectivity index (χ3v) is 2.46. The van der Waals surface area contributed by atoms with E-state index in [2.05, 4.69) is 4.98 Å². The highest BCUT2D eigenvalue weighted by Crippen LogP contribution is 2.02. The Balaban J connectivity index is 2.54. The van der Waals surface area contributed by atoms with Crippen molar-refractivity contribution < 1.29 is 14.3 Å². The molecule has 0 spiro atoms. The summed E-state index contributed by atoms with van der Waals surface area (Å²) in [5.41, 5.74) is 0.886. The standard InChI is InChI=1S/C13H18N2O3/c1-3-15(10-13(17)18-4-2)12(16)9-11-5-7-14-8-6-11/h5-8H,3-4,9-10H2,1-2H3. The summed E-state index contributed by atoms with van der Waals surface area (Å²) in [6.07, 6.45) is 3.56. The van der Waals surface area contributed by atoms with Gasteiger partial charge in [-0.15, -0.1) is 0 Å². The van der Waals surface area contributed by atoms with Gasteiger partial charge in [-0.2, -0.15) is 0 Å². The van der Waals surface area contributed by atoms with Gasteiger partial charge in [0.05, 0.1) is 13.0 Å². The van der Waals surface area contributed by atoms with Gasteiger partial charge in [-0.05, 0) is 31.5 Å². The van der Waals surface area contributed by atoms with Crippen LogP contribution in [-0.4, -0.2) is 41.5 Å². The largest absolute Gasteiger partial charge is 0.465 e. The van der Waals surface area contributed by atoms with E-state index < -0.39 is 0 Å². The first-order valence-corrected chi connectivity index (χ1v) is 5.99. The Hall–Kier alpha value is -1.91. The quantitative estimate of drug-likeness (QED) is 0.708. The molecule has 0 bridgehead atoms. The van der Waals surface area contributed by atoms with E-state index >= 15 is 0 Å². The first-order chi connectivity index (χ1) is 8.67. The first-order valence-electron chi connectivity index (χ1n) is 5.99. The third-order valence-electron chi connectivity index (χ3n) is 2.46. The van der Waals surface area contributed by atoms with Gasteiger partial charge in [0.25, 0.3) is 0 Å². The molecule has 0 fully saturated rings. The lowest BCUT2D eigenvalue weighted by molar-refractivity contribution is -0.148. The van der Waals surface area contributed by atoms with Gasteiger partial charge in [-0.25, -0.2) is 0 Å². The molecule has 0 atom stereocenters.